The van der Waals surface area contributed by atoms with E-state index >= 15 is 0 Å². The molecule has 3 heterocycles. The van der Waals surface area contributed by atoms with E-state index in [0.29, 0.717) is 25.5 Å². The van der Waals surface area contributed by atoms with E-state index in [1.165, 1.54) is 19.2 Å². The molecule has 27 heavy (non-hydrogen) atoms. The van der Waals surface area contributed by atoms with Gasteiger partial charge < -0.3 is 13.9 Å². The number of hydrogen-bond acceptors (Lipinski definition) is 5. The lowest BCUT2D eigenvalue weighted by Crippen LogP contribution is -2.49. The SMILES string of the molecule is CCCCC1(CC)COC(Cn2cncn2)(c2cc3ccccc3o2)OC1. The van der Waals surface area contributed by atoms with Gasteiger partial charge in [-0.05, 0) is 25.0 Å². The molecular formula is C21H27N3O3. The van der Waals surface area contributed by atoms with Crippen LogP contribution >= 0.6 is 0 Å². The number of unbranched alkanes of at least 4 members (excludes halogenated alkanes) is 1. The van der Waals surface area contributed by atoms with Gasteiger partial charge in [-0.15, -0.1) is 0 Å². The van der Waals surface area contributed by atoms with Crippen molar-refractivity contribution in [2.45, 2.75) is 51.9 Å². The molecule has 0 bridgehead atoms. The Labute approximate surface area is 159 Å². The zero-order valence-corrected chi connectivity index (χ0v) is 16.1. The highest BCUT2D eigenvalue weighted by Crippen LogP contribution is 2.43. The quantitative estimate of drug-likeness (QED) is 0.613. The summed E-state index contributed by atoms with van der Waals surface area (Å²) < 4.78 is 20.8. The molecule has 4 rings (SSSR count). The summed E-state index contributed by atoms with van der Waals surface area (Å²) >= 11 is 0. The monoisotopic (exact) mass is 369 g/mol. The minimum Gasteiger partial charge on any atom is -0.455 e. The van der Waals surface area contributed by atoms with Gasteiger partial charge in [-0.2, -0.15) is 5.10 Å². The number of nitrogens with zero attached hydrogens (tertiary/aromatic N) is 3. The van der Waals surface area contributed by atoms with Crippen LogP contribution in [0.2, 0.25) is 0 Å². The third-order valence-electron chi connectivity index (χ3n) is 5.67. The van der Waals surface area contributed by atoms with E-state index in [4.69, 9.17) is 13.9 Å². The van der Waals surface area contributed by atoms with Crippen molar-refractivity contribution in [1.82, 2.24) is 14.8 Å². The lowest BCUT2D eigenvalue weighted by molar-refractivity contribution is -0.328. The van der Waals surface area contributed by atoms with Crippen LogP contribution in [0.15, 0.2) is 47.4 Å². The summed E-state index contributed by atoms with van der Waals surface area (Å²) in [7, 11) is 0. The van der Waals surface area contributed by atoms with E-state index in [2.05, 4.69) is 23.9 Å². The van der Waals surface area contributed by atoms with Gasteiger partial charge in [0.25, 0.3) is 0 Å². The predicted octanol–water partition coefficient (Wildman–Crippen LogP) is 4.51. The Morgan fingerprint density at radius 1 is 1.15 bits per heavy atom. The topological polar surface area (TPSA) is 62.3 Å². The summed E-state index contributed by atoms with van der Waals surface area (Å²) in [5, 5.41) is 5.28. The largest absolute Gasteiger partial charge is 0.455 e. The first-order valence-corrected chi connectivity index (χ1v) is 9.78. The molecule has 2 aromatic heterocycles. The summed E-state index contributed by atoms with van der Waals surface area (Å²) in [6.07, 6.45) is 7.70. The Balaban J connectivity index is 1.66. The van der Waals surface area contributed by atoms with Crippen LogP contribution in [0, 0.1) is 5.41 Å². The second-order valence-electron chi connectivity index (χ2n) is 7.53. The Bertz CT molecular complexity index is 831. The van der Waals surface area contributed by atoms with Gasteiger partial charge in [0.1, 0.15) is 24.8 Å². The number of fused-ring (bicyclic) bond motifs is 1. The molecular weight excluding hydrogens is 342 g/mol. The Morgan fingerprint density at radius 2 is 1.96 bits per heavy atom. The second-order valence-corrected chi connectivity index (χ2v) is 7.53. The van der Waals surface area contributed by atoms with Crippen molar-refractivity contribution in [3.05, 3.63) is 48.7 Å². The number of hydrogen-bond donors (Lipinski definition) is 0. The maximum atomic E-state index is 6.45. The fourth-order valence-corrected chi connectivity index (χ4v) is 3.71. The zero-order chi connectivity index (χ0) is 18.7. The number of aromatic nitrogens is 3. The molecule has 0 amide bonds. The smallest absolute Gasteiger partial charge is 0.248 e. The summed E-state index contributed by atoms with van der Waals surface area (Å²) in [5.41, 5.74) is 0.893. The molecule has 0 spiro atoms. The lowest BCUT2D eigenvalue weighted by atomic mass is 9.81. The van der Waals surface area contributed by atoms with Crippen LogP contribution in [-0.4, -0.2) is 28.0 Å². The molecule has 3 aromatic rings. The van der Waals surface area contributed by atoms with E-state index in [9.17, 15) is 0 Å². The molecule has 0 saturated carbocycles. The molecule has 0 unspecified atom stereocenters. The first-order valence-electron chi connectivity index (χ1n) is 9.78. The molecule has 1 saturated heterocycles. The van der Waals surface area contributed by atoms with Crippen LogP contribution < -0.4 is 0 Å². The Kier molecular flexibility index (Phi) is 5.02. The van der Waals surface area contributed by atoms with Crippen molar-refractivity contribution in [3.8, 4) is 0 Å². The van der Waals surface area contributed by atoms with Crippen molar-refractivity contribution >= 4 is 11.0 Å². The minimum absolute atomic E-state index is 0.0634. The molecule has 0 atom stereocenters. The van der Waals surface area contributed by atoms with Crippen LogP contribution in [0.1, 0.15) is 45.3 Å². The van der Waals surface area contributed by atoms with Crippen LogP contribution in [0.5, 0.6) is 0 Å². The van der Waals surface area contributed by atoms with Crippen molar-refractivity contribution in [2.24, 2.45) is 5.41 Å². The van der Waals surface area contributed by atoms with Gasteiger partial charge in [0.05, 0.1) is 13.2 Å². The normalized spacial score (nSPS) is 25.9. The molecule has 144 valence electrons. The first kappa shape index (κ1) is 18.2. The molecule has 1 aliphatic rings. The lowest BCUT2D eigenvalue weighted by Gasteiger charge is -2.45. The molecule has 0 radical (unpaired) electrons. The van der Waals surface area contributed by atoms with Crippen molar-refractivity contribution in [1.29, 1.82) is 0 Å². The number of benzene rings is 1. The van der Waals surface area contributed by atoms with Crippen LogP contribution in [0.4, 0.5) is 0 Å². The molecule has 1 aromatic carbocycles. The third-order valence-corrected chi connectivity index (χ3v) is 5.67. The van der Waals surface area contributed by atoms with Crippen molar-refractivity contribution in [3.63, 3.8) is 0 Å². The highest BCUT2D eigenvalue weighted by Gasteiger charge is 2.47. The van der Waals surface area contributed by atoms with Crippen molar-refractivity contribution < 1.29 is 13.9 Å². The molecule has 1 aliphatic heterocycles. The van der Waals surface area contributed by atoms with Crippen LogP contribution in [0.25, 0.3) is 11.0 Å². The predicted molar refractivity (Wildman–Crippen MR) is 102 cm³/mol. The van der Waals surface area contributed by atoms with Gasteiger partial charge in [0, 0.05) is 10.8 Å². The number of furan rings is 1. The van der Waals surface area contributed by atoms with E-state index in [-0.39, 0.29) is 5.41 Å². The maximum absolute atomic E-state index is 6.45. The van der Waals surface area contributed by atoms with E-state index in [0.717, 1.165) is 23.8 Å². The second kappa shape index (κ2) is 7.44. The Morgan fingerprint density at radius 3 is 2.63 bits per heavy atom. The zero-order valence-electron chi connectivity index (χ0n) is 16.1. The van der Waals surface area contributed by atoms with E-state index < -0.39 is 5.79 Å². The molecule has 1 fully saturated rings. The van der Waals surface area contributed by atoms with Crippen LogP contribution in [0.3, 0.4) is 0 Å². The van der Waals surface area contributed by atoms with Crippen LogP contribution in [-0.2, 0) is 21.8 Å². The van der Waals surface area contributed by atoms with Gasteiger partial charge in [0.2, 0.25) is 5.79 Å². The number of ether oxygens (including phenoxy) is 2. The summed E-state index contributed by atoms with van der Waals surface area (Å²) in [5.74, 6) is -0.308. The summed E-state index contributed by atoms with van der Waals surface area (Å²) in [6, 6.07) is 9.97. The third kappa shape index (κ3) is 3.51. The average molecular weight is 369 g/mol. The molecule has 0 N–H and O–H groups in total. The summed E-state index contributed by atoms with van der Waals surface area (Å²) in [4.78, 5) is 4.05. The van der Waals surface area contributed by atoms with E-state index in [1.54, 1.807) is 11.0 Å². The van der Waals surface area contributed by atoms with Crippen molar-refractivity contribution in [2.75, 3.05) is 13.2 Å². The number of para-hydroxylation sites is 1. The van der Waals surface area contributed by atoms with Gasteiger partial charge >= 0.3 is 0 Å². The minimum atomic E-state index is -0.988. The molecule has 6 nitrogen and oxygen atoms in total. The fourth-order valence-electron chi connectivity index (χ4n) is 3.71. The van der Waals surface area contributed by atoms with Gasteiger partial charge in [-0.3, -0.25) is 0 Å². The first-order chi connectivity index (χ1) is 13.2. The summed E-state index contributed by atoms with van der Waals surface area (Å²) in [6.45, 7) is 6.14. The highest BCUT2D eigenvalue weighted by molar-refractivity contribution is 5.77. The maximum Gasteiger partial charge on any atom is 0.248 e. The van der Waals surface area contributed by atoms with Gasteiger partial charge in [-0.1, -0.05) is 44.9 Å². The number of rotatable bonds is 7. The fraction of sp³-hybridized carbons (Fsp3) is 0.524. The van der Waals surface area contributed by atoms with Gasteiger partial charge in [-0.25, -0.2) is 9.67 Å². The standard InChI is InChI=1S/C21H27N3O3/c1-3-5-10-20(4-2)13-25-21(26-14-20,12-24-16-22-15-23-24)19-11-17-8-6-7-9-18(17)27-19/h6-9,11,15-16H,3-5,10,12-14H2,1-2H3. The highest BCUT2D eigenvalue weighted by atomic mass is 16.7. The molecule has 6 heteroatoms. The van der Waals surface area contributed by atoms with E-state index in [1.807, 2.05) is 30.3 Å². The molecule has 0 aliphatic carbocycles. The average Bonchev–Trinajstić information content (AvgIpc) is 3.37. The van der Waals surface area contributed by atoms with Gasteiger partial charge in [0.15, 0.2) is 5.76 Å². The Hall–Kier alpha value is -2.18.